The van der Waals surface area contributed by atoms with Gasteiger partial charge in [-0.25, -0.2) is 13.4 Å². The van der Waals surface area contributed by atoms with E-state index in [1.54, 1.807) is 24.3 Å². The molecule has 1 fully saturated rings. The van der Waals surface area contributed by atoms with Crippen molar-refractivity contribution in [1.82, 2.24) is 9.97 Å². The fourth-order valence-corrected chi connectivity index (χ4v) is 4.30. The van der Waals surface area contributed by atoms with Gasteiger partial charge in [-0.05, 0) is 55.5 Å². The van der Waals surface area contributed by atoms with Crippen LogP contribution in [0.4, 0.5) is 23.1 Å². The molecular formula is C21H22ClN5O3S. The Morgan fingerprint density at radius 1 is 0.968 bits per heavy atom. The summed E-state index contributed by atoms with van der Waals surface area (Å²) < 4.78 is 33.0. The lowest BCUT2D eigenvalue weighted by Crippen LogP contribution is -2.37. The number of anilines is 4. The number of morpholine rings is 1. The maximum absolute atomic E-state index is 12.5. The second-order valence-corrected chi connectivity index (χ2v) is 9.17. The maximum Gasteiger partial charge on any atom is 0.261 e. The summed E-state index contributed by atoms with van der Waals surface area (Å²) in [5.74, 6) is 1.33. The summed E-state index contributed by atoms with van der Waals surface area (Å²) in [5.41, 5.74) is 2.08. The molecule has 0 aliphatic carbocycles. The lowest BCUT2D eigenvalue weighted by Gasteiger charge is -2.27. The first-order valence-electron chi connectivity index (χ1n) is 9.73. The number of hydrogen-bond donors (Lipinski definition) is 2. The van der Waals surface area contributed by atoms with Gasteiger partial charge >= 0.3 is 0 Å². The summed E-state index contributed by atoms with van der Waals surface area (Å²) in [6.07, 6.45) is 0. The Morgan fingerprint density at radius 3 is 2.29 bits per heavy atom. The molecule has 162 valence electrons. The lowest BCUT2D eigenvalue weighted by atomic mass is 10.3. The van der Waals surface area contributed by atoms with Gasteiger partial charge in [0.25, 0.3) is 10.0 Å². The van der Waals surface area contributed by atoms with E-state index in [0.29, 0.717) is 35.7 Å². The SMILES string of the molecule is Cc1cc(Nc2ccc(NS(=O)(=O)c3ccc(Cl)cc3)cc2)nc(N2CCOCC2)n1. The Hall–Kier alpha value is -2.88. The average molecular weight is 460 g/mol. The normalized spacial score (nSPS) is 14.3. The van der Waals surface area contributed by atoms with Gasteiger partial charge in [-0.15, -0.1) is 0 Å². The van der Waals surface area contributed by atoms with Crippen LogP contribution in [0, 0.1) is 6.92 Å². The van der Waals surface area contributed by atoms with Crippen LogP contribution in [-0.2, 0) is 14.8 Å². The Kier molecular flexibility index (Phi) is 6.26. The number of aryl methyl sites for hydroxylation is 1. The summed E-state index contributed by atoms with van der Waals surface area (Å²) in [6, 6.07) is 14.8. The number of hydrogen-bond acceptors (Lipinski definition) is 7. The average Bonchev–Trinajstić information content (AvgIpc) is 2.75. The van der Waals surface area contributed by atoms with Crippen molar-refractivity contribution in [2.24, 2.45) is 0 Å². The molecule has 0 bridgehead atoms. The minimum absolute atomic E-state index is 0.145. The number of nitrogens with one attached hydrogen (secondary N) is 2. The predicted octanol–water partition coefficient (Wildman–Crippen LogP) is 3.82. The van der Waals surface area contributed by atoms with Crippen molar-refractivity contribution in [3.8, 4) is 0 Å². The molecule has 0 saturated carbocycles. The van der Waals surface area contributed by atoms with E-state index in [9.17, 15) is 8.42 Å². The summed E-state index contributed by atoms with van der Waals surface area (Å²) in [7, 11) is -3.69. The van der Waals surface area contributed by atoms with Gasteiger partial charge in [0.2, 0.25) is 5.95 Å². The molecule has 1 saturated heterocycles. The molecule has 2 N–H and O–H groups in total. The lowest BCUT2D eigenvalue weighted by molar-refractivity contribution is 0.122. The van der Waals surface area contributed by atoms with E-state index >= 15 is 0 Å². The van der Waals surface area contributed by atoms with Gasteiger partial charge in [0.15, 0.2) is 0 Å². The van der Waals surface area contributed by atoms with Crippen LogP contribution in [0.5, 0.6) is 0 Å². The first-order chi connectivity index (χ1) is 14.9. The third kappa shape index (κ3) is 5.43. The van der Waals surface area contributed by atoms with Crippen LogP contribution >= 0.6 is 11.6 Å². The zero-order chi connectivity index (χ0) is 21.8. The first kappa shape index (κ1) is 21.4. The molecule has 1 aliphatic heterocycles. The van der Waals surface area contributed by atoms with Gasteiger partial charge in [-0.1, -0.05) is 11.6 Å². The monoisotopic (exact) mass is 459 g/mol. The molecule has 0 spiro atoms. The molecule has 0 amide bonds. The van der Waals surface area contributed by atoms with Crippen LogP contribution in [0.2, 0.25) is 5.02 Å². The molecule has 1 aliphatic rings. The fourth-order valence-electron chi connectivity index (χ4n) is 3.12. The third-order valence-electron chi connectivity index (χ3n) is 4.67. The molecule has 10 heteroatoms. The van der Waals surface area contributed by atoms with Gasteiger partial charge < -0.3 is 15.0 Å². The van der Waals surface area contributed by atoms with E-state index in [2.05, 4.69) is 24.9 Å². The first-order valence-corrected chi connectivity index (χ1v) is 11.6. The second kappa shape index (κ2) is 9.09. The van der Waals surface area contributed by atoms with Crippen LogP contribution < -0.4 is 14.9 Å². The van der Waals surface area contributed by atoms with Crippen LogP contribution in [0.3, 0.4) is 0 Å². The highest BCUT2D eigenvalue weighted by molar-refractivity contribution is 7.92. The van der Waals surface area contributed by atoms with Crippen LogP contribution in [0.1, 0.15) is 5.69 Å². The Balaban J connectivity index is 1.46. The Morgan fingerprint density at radius 2 is 1.61 bits per heavy atom. The standard InChI is InChI=1S/C21H22ClN5O3S/c1-15-14-20(25-21(23-15)27-10-12-30-13-11-27)24-17-4-6-18(7-5-17)26-31(28,29)19-8-2-16(22)3-9-19/h2-9,14,26H,10-13H2,1H3,(H,23,24,25). The zero-order valence-electron chi connectivity index (χ0n) is 16.9. The highest BCUT2D eigenvalue weighted by Gasteiger charge is 2.16. The van der Waals surface area contributed by atoms with Crippen molar-refractivity contribution in [3.05, 3.63) is 65.3 Å². The largest absolute Gasteiger partial charge is 0.378 e. The Labute approximate surface area is 186 Å². The second-order valence-electron chi connectivity index (χ2n) is 7.06. The van der Waals surface area contributed by atoms with Gasteiger partial charge in [-0.3, -0.25) is 4.72 Å². The van der Waals surface area contributed by atoms with E-state index in [0.717, 1.165) is 24.5 Å². The summed E-state index contributed by atoms with van der Waals surface area (Å²) in [5, 5.41) is 3.73. The number of sulfonamides is 1. The highest BCUT2D eigenvalue weighted by atomic mass is 35.5. The molecule has 0 radical (unpaired) electrons. The van der Waals surface area contributed by atoms with Crippen LogP contribution in [-0.4, -0.2) is 44.7 Å². The minimum atomic E-state index is -3.69. The fraction of sp³-hybridized carbons (Fsp3) is 0.238. The third-order valence-corrected chi connectivity index (χ3v) is 6.32. The molecule has 3 aromatic rings. The van der Waals surface area contributed by atoms with E-state index in [4.69, 9.17) is 16.3 Å². The van der Waals surface area contributed by atoms with Crippen molar-refractivity contribution in [2.75, 3.05) is 41.2 Å². The number of rotatable bonds is 6. The van der Waals surface area contributed by atoms with Crippen molar-refractivity contribution >= 4 is 44.8 Å². The quantitative estimate of drug-likeness (QED) is 0.578. The topological polar surface area (TPSA) is 96.5 Å². The number of aromatic nitrogens is 2. The molecular weight excluding hydrogens is 438 g/mol. The number of halogens is 1. The van der Waals surface area contributed by atoms with E-state index in [1.807, 2.05) is 13.0 Å². The minimum Gasteiger partial charge on any atom is -0.378 e. The molecule has 2 aromatic carbocycles. The van der Waals surface area contributed by atoms with Gasteiger partial charge in [0.05, 0.1) is 18.1 Å². The van der Waals surface area contributed by atoms with Crippen LogP contribution in [0.25, 0.3) is 0 Å². The zero-order valence-corrected chi connectivity index (χ0v) is 18.4. The molecule has 4 rings (SSSR count). The summed E-state index contributed by atoms with van der Waals surface area (Å²) in [4.78, 5) is 11.4. The molecule has 0 unspecified atom stereocenters. The van der Waals surface area contributed by atoms with E-state index in [-0.39, 0.29) is 4.90 Å². The predicted molar refractivity (Wildman–Crippen MR) is 122 cm³/mol. The van der Waals surface area contributed by atoms with Crippen molar-refractivity contribution in [1.29, 1.82) is 0 Å². The van der Waals surface area contributed by atoms with Crippen molar-refractivity contribution in [2.45, 2.75) is 11.8 Å². The molecule has 8 nitrogen and oxygen atoms in total. The molecule has 2 heterocycles. The molecule has 1 aromatic heterocycles. The summed E-state index contributed by atoms with van der Waals surface area (Å²) >= 11 is 5.83. The van der Waals surface area contributed by atoms with Gasteiger partial charge in [0, 0.05) is 41.2 Å². The number of ether oxygens (including phenoxy) is 1. The number of nitrogens with zero attached hydrogens (tertiary/aromatic N) is 3. The van der Waals surface area contributed by atoms with E-state index in [1.165, 1.54) is 24.3 Å². The van der Waals surface area contributed by atoms with Gasteiger partial charge in [0.1, 0.15) is 5.82 Å². The van der Waals surface area contributed by atoms with Crippen molar-refractivity contribution < 1.29 is 13.2 Å². The molecule has 0 atom stereocenters. The van der Waals surface area contributed by atoms with Crippen molar-refractivity contribution in [3.63, 3.8) is 0 Å². The smallest absolute Gasteiger partial charge is 0.261 e. The highest BCUT2D eigenvalue weighted by Crippen LogP contribution is 2.23. The maximum atomic E-state index is 12.5. The summed E-state index contributed by atoms with van der Waals surface area (Å²) in [6.45, 7) is 4.75. The molecule has 31 heavy (non-hydrogen) atoms. The van der Waals surface area contributed by atoms with Gasteiger partial charge in [-0.2, -0.15) is 4.98 Å². The number of benzene rings is 2. The van der Waals surface area contributed by atoms with E-state index < -0.39 is 10.0 Å². The van der Waals surface area contributed by atoms with Crippen LogP contribution in [0.15, 0.2) is 59.5 Å². The Bertz CT molecular complexity index is 1150.